The van der Waals surface area contributed by atoms with Crippen molar-refractivity contribution in [2.45, 2.75) is 44.6 Å². The number of ether oxygens (including phenoxy) is 1. The van der Waals surface area contributed by atoms with Gasteiger partial charge in [0.2, 0.25) is 0 Å². The topological polar surface area (TPSA) is 40.1 Å². The molecule has 0 spiro atoms. The summed E-state index contributed by atoms with van der Waals surface area (Å²) < 4.78 is 7.92. The van der Waals surface area contributed by atoms with Crippen LogP contribution in [0.15, 0.2) is 18.2 Å². The molecule has 1 aromatic carbocycles. The van der Waals surface area contributed by atoms with Gasteiger partial charge in [-0.25, -0.2) is 4.58 Å². The number of benzene rings is 1. The quantitative estimate of drug-likeness (QED) is 0.845. The highest BCUT2D eigenvalue weighted by molar-refractivity contribution is 5.92. The van der Waals surface area contributed by atoms with E-state index in [0.717, 1.165) is 18.7 Å². The van der Waals surface area contributed by atoms with E-state index in [-0.39, 0.29) is 0 Å². The van der Waals surface area contributed by atoms with Crippen LogP contribution in [0.25, 0.3) is 10.9 Å². The van der Waals surface area contributed by atoms with Crippen molar-refractivity contribution in [3.63, 3.8) is 0 Å². The van der Waals surface area contributed by atoms with E-state index in [2.05, 4.69) is 40.1 Å². The van der Waals surface area contributed by atoms with Crippen molar-refractivity contribution < 1.29 is 9.31 Å². The van der Waals surface area contributed by atoms with Crippen molar-refractivity contribution in [1.82, 2.24) is 10.3 Å². The van der Waals surface area contributed by atoms with Gasteiger partial charge in [0.05, 0.1) is 13.5 Å². The summed E-state index contributed by atoms with van der Waals surface area (Å²) in [6.45, 7) is 2.32. The minimum Gasteiger partial charge on any atom is -0.497 e. The summed E-state index contributed by atoms with van der Waals surface area (Å²) >= 11 is 0. The van der Waals surface area contributed by atoms with Crippen molar-refractivity contribution in [2.75, 3.05) is 27.2 Å². The lowest BCUT2D eigenvalue weighted by molar-refractivity contribution is -0.489. The van der Waals surface area contributed by atoms with Gasteiger partial charge in [0, 0.05) is 35.5 Å². The number of nitrogens with one attached hydrogen (secondary N) is 2. The highest BCUT2D eigenvalue weighted by Gasteiger charge is 2.26. The van der Waals surface area contributed by atoms with Crippen LogP contribution in [0.2, 0.25) is 0 Å². The van der Waals surface area contributed by atoms with Crippen LogP contribution in [0.3, 0.4) is 0 Å². The van der Waals surface area contributed by atoms with Crippen LogP contribution < -0.4 is 10.1 Å². The molecule has 1 atom stereocenters. The molecule has 4 nitrogen and oxygen atoms in total. The van der Waals surface area contributed by atoms with Crippen molar-refractivity contribution in [3.05, 3.63) is 29.5 Å². The maximum absolute atomic E-state index is 5.48. The zero-order valence-electron chi connectivity index (χ0n) is 14.8. The van der Waals surface area contributed by atoms with Gasteiger partial charge >= 0.3 is 0 Å². The second kappa shape index (κ2) is 6.60. The number of H-pyrrole nitrogens is 1. The first kappa shape index (κ1) is 15.7. The number of piperidine rings is 1. The summed E-state index contributed by atoms with van der Waals surface area (Å²) in [7, 11) is 3.98. The Morgan fingerprint density at radius 2 is 2.17 bits per heavy atom. The maximum Gasteiger partial charge on any atom is 0.156 e. The Kier molecular flexibility index (Phi) is 4.31. The van der Waals surface area contributed by atoms with Gasteiger partial charge in [0.25, 0.3) is 0 Å². The average Bonchev–Trinajstić information content (AvgIpc) is 3.19. The molecule has 1 unspecified atom stereocenters. The van der Waals surface area contributed by atoms with E-state index in [9.17, 15) is 0 Å². The number of aromatic amines is 1. The highest BCUT2D eigenvalue weighted by Crippen LogP contribution is 2.33. The Morgan fingerprint density at radius 1 is 1.25 bits per heavy atom. The summed E-state index contributed by atoms with van der Waals surface area (Å²) in [6, 6.07) is 6.87. The lowest BCUT2D eigenvalue weighted by Gasteiger charge is -2.24. The van der Waals surface area contributed by atoms with Gasteiger partial charge in [-0.15, -0.1) is 0 Å². The van der Waals surface area contributed by atoms with Crippen molar-refractivity contribution in [3.8, 4) is 5.75 Å². The zero-order chi connectivity index (χ0) is 16.5. The first-order valence-corrected chi connectivity index (χ1v) is 9.24. The maximum atomic E-state index is 5.48. The third-order valence-corrected chi connectivity index (χ3v) is 5.68. The van der Waals surface area contributed by atoms with E-state index in [1.54, 1.807) is 12.8 Å². The van der Waals surface area contributed by atoms with Gasteiger partial charge in [-0.1, -0.05) is 6.42 Å². The SMILES string of the molecule is COc1ccc2[nH]c(C3CCCCN3)c(CC3=[N+](C)CCC3)c2c1. The molecule has 2 aromatic rings. The molecule has 0 saturated carbocycles. The molecule has 3 heterocycles. The van der Waals surface area contributed by atoms with Gasteiger partial charge in [0.15, 0.2) is 5.71 Å². The summed E-state index contributed by atoms with van der Waals surface area (Å²) in [4.78, 5) is 3.72. The summed E-state index contributed by atoms with van der Waals surface area (Å²) in [6.07, 6.45) is 7.39. The number of methoxy groups -OCH3 is 1. The molecule has 2 N–H and O–H groups in total. The van der Waals surface area contributed by atoms with Crippen molar-refractivity contribution in [1.29, 1.82) is 0 Å². The highest BCUT2D eigenvalue weighted by atomic mass is 16.5. The third-order valence-electron chi connectivity index (χ3n) is 5.68. The molecular weight excluding hydrogens is 298 g/mol. The van der Waals surface area contributed by atoms with Gasteiger partial charge in [-0.2, -0.15) is 0 Å². The molecule has 1 fully saturated rings. The van der Waals surface area contributed by atoms with Crippen LogP contribution in [0.5, 0.6) is 5.75 Å². The Hall–Kier alpha value is -1.81. The molecule has 2 aliphatic heterocycles. The fourth-order valence-corrected chi connectivity index (χ4v) is 4.26. The second-order valence-corrected chi connectivity index (χ2v) is 7.20. The van der Waals surface area contributed by atoms with Crippen LogP contribution in [0.1, 0.15) is 49.4 Å². The first-order valence-electron chi connectivity index (χ1n) is 9.24. The van der Waals surface area contributed by atoms with Crippen LogP contribution in [0, 0.1) is 0 Å². The van der Waals surface area contributed by atoms with Crippen molar-refractivity contribution >= 4 is 16.6 Å². The minimum absolute atomic E-state index is 0.458. The molecule has 0 aliphatic carbocycles. The molecular formula is C20H28N3O+. The van der Waals surface area contributed by atoms with Crippen LogP contribution in [-0.4, -0.2) is 42.5 Å². The Labute approximate surface area is 143 Å². The van der Waals surface area contributed by atoms with Gasteiger partial charge < -0.3 is 15.0 Å². The molecule has 4 rings (SSSR count). The predicted molar refractivity (Wildman–Crippen MR) is 98.4 cm³/mol. The molecule has 0 radical (unpaired) electrons. The fourth-order valence-electron chi connectivity index (χ4n) is 4.26. The largest absolute Gasteiger partial charge is 0.497 e. The molecule has 0 amide bonds. The van der Waals surface area contributed by atoms with E-state index >= 15 is 0 Å². The standard InChI is InChI=1S/C20H28N3O/c1-23-11-5-6-14(23)12-17-16-13-15(24-2)8-9-18(16)22-20(17)19-7-3-4-10-21-19/h8-9,13,19,21-22H,3-7,10-12H2,1-2H3/q+1. The van der Waals surface area contributed by atoms with Crippen LogP contribution in [0.4, 0.5) is 0 Å². The molecule has 1 saturated heterocycles. The van der Waals surface area contributed by atoms with Crippen molar-refractivity contribution in [2.24, 2.45) is 0 Å². The molecule has 0 bridgehead atoms. The summed E-state index contributed by atoms with van der Waals surface area (Å²) in [5.74, 6) is 0.940. The van der Waals surface area contributed by atoms with E-state index in [1.807, 2.05) is 0 Å². The number of hydrogen-bond acceptors (Lipinski definition) is 2. The Morgan fingerprint density at radius 3 is 2.88 bits per heavy atom. The number of fused-ring (bicyclic) bond motifs is 1. The summed E-state index contributed by atoms with van der Waals surface area (Å²) in [5.41, 5.74) is 5.66. The van der Waals surface area contributed by atoms with Gasteiger partial charge in [-0.05, 0) is 43.1 Å². The second-order valence-electron chi connectivity index (χ2n) is 7.20. The van der Waals surface area contributed by atoms with Crippen LogP contribution in [-0.2, 0) is 6.42 Å². The Balaban J connectivity index is 1.80. The molecule has 1 aromatic heterocycles. The Bertz CT molecular complexity index is 769. The molecule has 24 heavy (non-hydrogen) atoms. The van der Waals surface area contributed by atoms with E-state index in [0.29, 0.717) is 6.04 Å². The predicted octanol–water partition coefficient (Wildman–Crippen LogP) is 3.41. The number of rotatable bonds is 4. The monoisotopic (exact) mass is 326 g/mol. The smallest absolute Gasteiger partial charge is 0.156 e. The lowest BCUT2D eigenvalue weighted by Crippen LogP contribution is -2.28. The molecule has 2 aliphatic rings. The minimum atomic E-state index is 0.458. The number of nitrogens with zero attached hydrogens (tertiary/aromatic N) is 1. The molecule has 128 valence electrons. The van der Waals surface area contributed by atoms with Crippen LogP contribution >= 0.6 is 0 Å². The number of hydrogen-bond donors (Lipinski definition) is 2. The first-order chi connectivity index (χ1) is 11.8. The summed E-state index contributed by atoms with van der Waals surface area (Å²) in [5, 5.41) is 5.04. The lowest BCUT2D eigenvalue weighted by atomic mass is 9.95. The van der Waals surface area contributed by atoms with E-state index in [4.69, 9.17) is 4.74 Å². The van der Waals surface area contributed by atoms with E-state index < -0.39 is 0 Å². The average molecular weight is 326 g/mol. The zero-order valence-corrected chi connectivity index (χ0v) is 14.8. The van der Waals surface area contributed by atoms with Gasteiger partial charge in [-0.3, -0.25) is 0 Å². The van der Waals surface area contributed by atoms with E-state index in [1.165, 1.54) is 60.8 Å². The molecule has 4 heteroatoms. The number of aromatic nitrogens is 1. The van der Waals surface area contributed by atoms with Gasteiger partial charge in [0.1, 0.15) is 19.3 Å². The third kappa shape index (κ3) is 2.84. The fraction of sp³-hybridized carbons (Fsp3) is 0.550. The normalized spacial score (nSPS) is 21.7.